The van der Waals surface area contributed by atoms with Crippen molar-refractivity contribution in [3.8, 4) is 0 Å². The molecule has 1 aromatic carbocycles. The average Bonchev–Trinajstić information content (AvgIpc) is 2.58. The number of hydrogen-bond acceptors (Lipinski definition) is 4. The van der Waals surface area contributed by atoms with Crippen LogP contribution in [0.4, 0.5) is 0 Å². The molecular formula is C12H16N2O3. The minimum Gasteiger partial charge on any atom is -0.389 e. The van der Waals surface area contributed by atoms with Gasteiger partial charge in [-0.05, 0) is 17.7 Å². The Hall–Kier alpha value is -1.43. The van der Waals surface area contributed by atoms with Crippen molar-refractivity contribution in [1.29, 1.82) is 0 Å². The molecule has 0 bridgehead atoms. The molecule has 92 valence electrons. The molecule has 0 radical (unpaired) electrons. The van der Waals surface area contributed by atoms with Crippen LogP contribution in [-0.2, 0) is 6.54 Å². The molecule has 1 amide bonds. The molecule has 0 aromatic heterocycles. The van der Waals surface area contributed by atoms with Gasteiger partial charge >= 0.3 is 0 Å². The summed E-state index contributed by atoms with van der Waals surface area (Å²) in [6, 6.07) is 7.02. The first kappa shape index (κ1) is 12.0. The summed E-state index contributed by atoms with van der Waals surface area (Å²) in [5.74, 6) is -0.441. The van der Waals surface area contributed by atoms with Gasteiger partial charge in [0.1, 0.15) is 0 Å². The van der Waals surface area contributed by atoms with E-state index in [4.69, 9.17) is 5.73 Å². The molecule has 2 atom stereocenters. The molecular weight excluding hydrogens is 220 g/mol. The van der Waals surface area contributed by atoms with Crippen molar-refractivity contribution >= 4 is 5.91 Å². The van der Waals surface area contributed by atoms with Gasteiger partial charge in [-0.2, -0.15) is 0 Å². The van der Waals surface area contributed by atoms with E-state index in [9.17, 15) is 15.0 Å². The number of benzene rings is 1. The van der Waals surface area contributed by atoms with Crippen molar-refractivity contribution in [3.05, 3.63) is 35.4 Å². The van der Waals surface area contributed by atoms with E-state index in [0.717, 1.165) is 5.56 Å². The molecule has 1 aliphatic rings. The highest BCUT2D eigenvalue weighted by molar-refractivity contribution is 5.92. The van der Waals surface area contributed by atoms with Crippen LogP contribution in [0.5, 0.6) is 0 Å². The summed E-state index contributed by atoms with van der Waals surface area (Å²) >= 11 is 0. The van der Waals surface area contributed by atoms with Crippen molar-refractivity contribution in [1.82, 2.24) is 4.90 Å². The number of likely N-dealkylation sites (tertiary alicyclic amines) is 1. The summed E-state index contributed by atoms with van der Waals surface area (Å²) < 4.78 is 0. The molecule has 17 heavy (non-hydrogen) atoms. The summed E-state index contributed by atoms with van der Waals surface area (Å²) in [5, 5.41) is 18.8. The summed E-state index contributed by atoms with van der Waals surface area (Å²) in [5.41, 5.74) is 6.65. The molecule has 2 unspecified atom stereocenters. The van der Waals surface area contributed by atoms with E-state index in [1.807, 2.05) is 17.0 Å². The van der Waals surface area contributed by atoms with Crippen LogP contribution >= 0.6 is 0 Å². The number of nitrogens with two attached hydrogens (primary N) is 1. The summed E-state index contributed by atoms with van der Waals surface area (Å²) in [6.45, 7) is 1.59. The predicted molar refractivity (Wildman–Crippen MR) is 62.3 cm³/mol. The lowest BCUT2D eigenvalue weighted by Gasteiger charge is -2.14. The number of hydrogen-bond donors (Lipinski definition) is 3. The zero-order valence-electron chi connectivity index (χ0n) is 9.41. The van der Waals surface area contributed by atoms with Gasteiger partial charge in [-0.15, -0.1) is 0 Å². The maximum atomic E-state index is 10.9. The molecule has 1 heterocycles. The molecule has 5 nitrogen and oxygen atoms in total. The molecule has 0 saturated carbocycles. The zero-order chi connectivity index (χ0) is 12.4. The number of β-amino-alcohol motifs (C(OH)–C–C–N with tert-alkyl or cyclic N) is 2. The summed E-state index contributed by atoms with van der Waals surface area (Å²) in [4.78, 5) is 12.9. The van der Waals surface area contributed by atoms with E-state index in [1.165, 1.54) is 0 Å². The van der Waals surface area contributed by atoms with Crippen molar-refractivity contribution in [3.63, 3.8) is 0 Å². The largest absolute Gasteiger partial charge is 0.389 e. The Morgan fingerprint density at radius 3 is 2.24 bits per heavy atom. The van der Waals surface area contributed by atoms with E-state index in [2.05, 4.69) is 0 Å². The van der Waals surface area contributed by atoms with Crippen molar-refractivity contribution < 1.29 is 15.0 Å². The monoisotopic (exact) mass is 236 g/mol. The molecule has 1 aromatic rings. The first-order valence-electron chi connectivity index (χ1n) is 5.53. The molecule has 0 aliphatic carbocycles. The van der Waals surface area contributed by atoms with Gasteiger partial charge in [-0.25, -0.2) is 0 Å². The highest BCUT2D eigenvalue weighted by Crippen LogP contribution is 2.14. The predicted octanol–water partition coefficient (Wildman–Crippen LogP) is -0.677. The molecule has 0 spiro atoms. The Kier molecular flexibility index (Phi) is 3.42. The second kappa shape index (κ2) is 4.83. The molecule has 4 N–H and O–H groups in total. The topological polar surface area (TPSA) is 86.8 Å². The number of aliphatic hydroxyl groups excluding tert-OH is 2. The normalized spacial score (nSPS) is 25.1. The molecule has 5 heteroatoms. The third kappa shape index (κ3) is 2.82. The molecule has 1 aliphatic heterocycles. The molecule has 1 fully saturated rings. The number of carbonyl (C=O) groups excluding carboxylic acids is 1. The van der Waals surface area contributed by atoms with E-state index in [-0.39, 0.29) is 0 Å². The number of amides is 1. The van der Waals surface area contributed by atoms with Crippen LogP contribution < -0.4 is 5.73 Å². The van der Waals surface area contributed by atoms with Crippen LogP contribution in [0.25, 0.3) is 0 Å². The SMILES string of the molecule is NC(=O)c1ccc(CN2CC(O)C(O)C2)cc1. The minimum atomic E-state index is -0.667. The highest BCUT2D eigenvalue weighted by Gasteiger charge is 2.29. The third-order valence-electron chi connectivity index (χ3n) is 2.98. The number of rotatable bonds is 3. The lowest BCUT2D eigenvalue weighted by atomic mass is 10.1. The van der Waals surface area contributed by atoms with E-state index >= 15 is 0 Å². The van der Waals surface area contributed by atoms with Gasteiger partial charge in [0.15, 0.2) is 0 Å². The summed E-state index contributed by atoms with van der Waals surface area (Å²) in [6.07, 6.45) is -1.33. The summed E-state index contributed by atoms with van der Waals surface area (Å²) in [7, 11) is 0. The second-order valence-corrected chi connectivity index (χ2v) is 4.39. The minimum absolute atomic E-state index is 0.441. The number of nitrogens with zero attached hydrogens (tertiary/aromatic N) is 1. The Morgan fingerprint density at radius 1 is 1.24 bits per heavy atom. The highest BCUT2D eigenvalue weighted by atomic mass is 16.3. The van der Waals surface area contributed by atoms with Gasteiger partial charge < -0.3 is 15.9 Å². The fraction of sp³-hybridized carbons (Fsp3) is 0.417. The van der Waals surface area contributed by atoms with Gasteiger partial charge in [0, 0.05) is 25.2 Å². The van der Waals surface area contributed by atoms with Crippen LogP contribution in [0.2, 0.25) is 0 Å². The number of primary amides is 1. The Labute approximate surface area is 99.5 Å². The van der Waals surface area contributed by atoms with Crippen molar-refractivity contribution in [2.75, 3.05) is 13.1 Å². The van der Waals surface area contributed by atoms with Gasteiger partial charge in [-0.3, -0.25) is 9.69 Å². The lowest BCUT2D eigenvalue weighted by molar-refractivity contribution is 0.0572. The van der Waals surface area contributed by atoms with Crippen LogP contribution in [0.1, 0.15) is 15.9 Å². The zero-order valence-corrected chi connectivity index (χ0v) is 9.41. The van der Waals surface area contributed by atoms with Gasteiger partial charge in [0.25, 0.3) is 0 Å². The Bertz CT molecular complexity index is 395. The van der Waals surface area contributed by atoms with E-state index in [1.54, 1.807) is 12.1 Å². The molecule has 1 saturated heterocycles. The van der Waals surface area contributed by atoms with Crippen LogP contribution in [0, 0.1) is 0 Å². The Morgan fingerprint density at radius 2 is 1.76 bits per heavy atom. The van der Waals surface area contributed by atoms with Crippen LogP contribution in [-0.4, -0.2) is 46.3 Å². The number of aliphatic hydroxyl groups is 2. The first-order chi connectivity index (χ1) is 8.06. The van der Waals surface area contributed by atoms with E-state index < -0.39 is 18.1 Å². The van der Waals surface area contributed by atoms with Gasteiger partial charge in [0.05, 0.1) is 12.2 Å². The lowest BCUT2D eigenvalue weighted by Crippen LogP contribution is -2.22. The maximum absolute atomic E-state index is 10.9. The fourth-order valence-electron chi connectivity index (χ4n) is 2.01. The average molecular weight is 236 g/mol. The quantitative estimate of drug-likeness (QED) is 0.649. The smallest absolute Gasteiger partial charge is 0.248 e. The second-order valence-electron chi connectivity index (χ2n) is 4.39. The third-order valence-corrected chi connectivity index (χ3v) is 2.98. The standard InChI is InChI=1S/C12H16N2O3/c13-12(17)9-3-1-8(2-4-9)5-14-6-10(15)11(16)7-14/h1-4,10-11,15-16H,5-7H2,(H2,13,17). The maximum Gasteiger partial charge on any atom is 0.248 e. The number of carbonyl (C=O) groups is 1. The fourth-order valence-corrected chi connectivity index (χ4v) is 2.01. The van der Waals surface area contributed by atoms with Gasteiger partial charge in [0.2, 0.25) is 5.91 Å². The van der Waals surface area contributed by atoms with Crippen molar-refractivity contribution in [2.45, 2.75) is 18.8 Å². The van der Waals surface area contributed by atoms with Gasteiger partial charge in [-0.1, -0.05) is 12.1 Å². The first-order valence-corrected chi connectivity index (χ1v) is 5.53. The van der Waals surface area contributed by atoms with Crippen LogP contribution in [0.15, 0.2) is 24.3 Å². The Balaban J connectivity index is 1.98. The van der Waals surface area contributed by atoms with E-state index in [0.29, 0.717) is 25.2 Å². The van der Waals surface area contributed by atoms with Crippen molar-refractivity contribution in [2.24, 2.45) is 5.73 Å². The molecule has 2 rings (SSSR count). The van der Waals surface area contributed by atoms with Crippen LogP contribution in [0.3, 0.4) is 0 Å².